The minimum atomic E-state index is -0.505. The van der Waals surface area contributed by atoms with Crippen LogP contribution in [0.15, 0.2) is 0 Å². The number of hydrogen-bond acceptors (Lipinski definition) is 6. The molecule has 0 aliphatic carbocycles. The van der Waals surface area contributed by atoms with E-state index < -0.39 is 5.60 Å². The molecule has 0 saturated carbocycles. The molecule has 2 amide bonds. The molecular formula is C15H29N3O5. The van der Waals surface area contributed by atoms with Crippen molar-refractivity contribution in [1.82, 2.24) is 15.4 Å². The van der Waals surface area contributed by atoms with Crippen LogP contribution in [0.3, 0.4) is 0 Å². The molecule has 23 heavy (non-hydrogen) atoms. The lowest BCUT2D eigenvalue weighted by Crippen LogP contribution is -2.36. The van der Waals surface area contributed by atoms with Crippen LogP contribution in [-0.2, 0) is 19.2 Å². The van der Waals surface area contributed by atoms with Crippen molar-refractivity contribution in [3.05, 3.63) is 0 Å². The number of rotatable bonds is 7. The fourth-order valence-electron chi connectivity index (χ4n) is 2.27. The van der Waals surface area contributed by atoms with E-state index in [-0.39, 0.29) is 17.9 Å². The highest BCUT2D eigenvalue weighted by molar-refractivity contribution is 5.75. The van der Waals surface area contributed by atoms with Crippen LogP contribution in [0.1, 0.15) is 33.6 Å². The molecule has 1 aliphatic heterocycles. The Balaban J connectivity index is 2.30. The molecule has 1 aliphatic rings. The first-order chi connectivity index (χ1) is 10.7. The lowest BCUT2D eigenvalue weighted by molar-refractivity contribution is -0.180. The van der Waals surface area contributed by atoms with E-state index in [1.807, 2.05) is 20.8 Å². The number of amides is 2. The second-order valence-electron chi connectivity index (χ2n) is 6.61. The van der Waals surface area contributed by atoms with Crippen LogP contribution in [0.25, 0.3) is 0 Å². The van der Waals surface area contributed by atoms with Crippen molar-refractivity contribution >= 4 is 12.0 Å². The van der Waals surface area contributed by atoms with E-state index in [0.29, 0.717) is 32.7 Å². The quantitative estimate of drug-likeness (QED) is 0.557. The summed E-state index contributed by atoms with van der Waals surface area (Å²) in [5.41, 5.74) is 2.13. The van der Waals surface area contributed by atoms with Crippen LogP contribution in [-0.4, -0.2) is 68.0 Å². The molecule has 1 rings (SSSR count). The summed E-state index contributed by atoms with van der Waals surface area (Å²) in [6.45, 7) is 7.51. The molecule has 0 spiro atoms. The molecule has 1 fully saturated rings. The van der Waals surface area contributed by atoms with Crippen molar-refractivity contribution in [1.29, 1.82) is 0 Å². The van der Waals surface area contributed by atoms with Crippen molar-refractivity contribution in [2.24, 2.45) is 5.92 Å². The van der Waals surface area contributed by atoms with E-state index in [0.717, 1.165) is 6.42 Å². The lowest BCUT2D eigenvalue weighted by atomic mass is 10.0. The number of nitrogens with one attached hydrogen (secondary N) is 1. The van der Waals surface area contributed by atoms with E-state index in [9.17, 15) is 9.59 Å². The minimum absolute atomic E-state index is 0.0987. The number of ether oxygens (including phenoxy) is 1. The van der Waals surface area contributed by atoms with Gasteiger partial charge in [-0.1, -0.05) is 0 Å². The van der Waals surface area contributed by atoms with E-state index in [1.54, 1.807) is 11.9 Å². The highest BCUT2D eigenvalue weighted by Gasteiger charge is 2.31. The van der Waals surface area contributed by atoms with Gasteiger partial charge in [0, 0.05) is 33.1 Å². The Hall–Kier alpha value is -1.38. The molecule has 1 N–H and O–H groups in total. The fraction of sp³-hybridized carbons (Fsp3) is 0.867. The van der Waals surface area contributed by atoms with E-state index in [1.165, 1.54) is 12.2 Å². The number of hydroxylamine groups is 3. The first kappa shape index (κ1) is 19.7. The number of carbonyl (C=O) groups is 2. The predicted octanol–water partition coefficient (Wildman–Crippen LogP) is 1.17. The summed E-state index contributed by atoms with van der Waals surface area (Å²) < 4.78 is 5.35. The normalized spacial score (nSPS) is 18.1. The summed E-state index contributed by atoms with van der Waals surface area (Å²) >= 11 is 0. The zero-order valence-electron chi connectivity index (χ0n) is 14.8. The third-order valence-corrected chi connectivity index (χ3v) is 3.39. The molecule has 0 bridgehead atoms. The van der Waals surface area contributed by atoms with E-state index >= 15 is 0 Å². The largest absolute Gasteiger partial charge is 0.444 e. The second kappa shape index (κ2) is 9.05. The standard InChI is InChI=1S/C15H29N3O5/c1-15(2,3)23-14(20)18-8-6-12(11-18)10-13(19)17(4)22-9-7-16-21-5/h12,16H,6-11H2,1-5H3/t12-/m0/s1. The third kappa shape index (κ3) is 7.62. The number of nitrogens with zero attached hydrogens (tertiary/aromatic N) is 2. The highest BCUT2D eigenvalue weighted by Crippen LogP contribution is 2.22. The van der Waals surface area contributed by atoms with Crippen molar-refractivity contribution in [3.8, 4) is 0 Å². The molecular weight excluding hydrogens is 302 g/mol. The molecule has 134 valence electrons. The Kier molecular flexibility index (Phi) is 7.74. The Morgan fingerprint density at radius 1 is 1.35 bits per heavy atom. The van der Waals surface area contributed by atoms with Crippen LogP contribution in [0.2, 0.25) is 0 Å². The maximum absolute atomic E-state index is 12.1. The lowest BCUT2D eigenvalue weighted by Gasteiger charge is -2.24. The maximum Gasteiger partial charge on any atom is 0.410 e. The number of hydrogen-bond donors (Lipinski definition) is 1. The Bertz CT molecular complexity index is 397. The van der Waals surface area contributed by atoms with Gasteiger partial charge in [-0.2, -0.15) is 0 Å². The van der Waals surface area contributed by atoms with Crippen LogP contribution >= 0.6 is 0 Å². The smallest absolute Gasteiger partial charge is 0.410 e. The van der Waals surface area contributed by atoms with Gasteiger partial charge >= 0.3 is 6.09 Å². The summed E-state index contributed by atoms with van der Waals surface area (Å²) in [5, 5.41) is 1.24. The Labute approximate surface area is 137 Å². The molecule has 8 nitrogen and oxygen atoms in total. The van der Waals surface area contributed by atoms with Gasteiger partial charge in [0.25, 0.3) is 0 Å². The number of carbonyl (C=O) groups excluding carboxylic acids is 2. The Morgan fingerprint density at radius 2 is 2.04 bits per heavy atom. The topological polar surface area (TPSA) is 80.3 Å². The van der Waals surface area contributed by atoms with Gasteiger partial charge in [0.15, 0.2) is 0 Å². The summed E-state index contributed by atoms with van der Waals surface area (Å²) in [5.74, 6) is 0.0385. The minimum Gasteiger partial charge on any atom is -0.444 e. The monoisotopic (exact) mass is 331 g/mol. The average Bonchev–Trinajstić information content (AvgIpc) is 2.90. The SMILES string of the molecule is CONCCON(C)C(=O)C[C@@H]1CCN(C(=O)OC(C)(C)C)C1. The molecule has 0 aromatic heterocycles. The zero-order chi connectivity index (χ0) is 17.5. The van der Waals surface area contributed by atoms with Crippen molar-refractivity contribution in [2.75, 3.05) is 40.4 Å². The van der Waals surface area contributed by atoms with Gasteiger partial charge in [-0.3, -0.25) is 9.63 Å². The summed E-state index contributed by atoms with van der Waals surface area (Å²) in [6, 6.07) is 0. The van der Waals surface area contributed by atoms with Gasteiger partial charge in [0.2, 0.25) is 5.91 Å². The number of likely N-dealkylation sites (tertiary alicyclic amines) is 1. The molecule has 8 heteroatoms. The van der Waals surface area contributed by atoms with Crippen LogP contribution in [0, 0.1) is 5.92 Å². The fourth-order valence-corrected chi connectivity index (χ4v) is 2.27. The van der Waals surface area contributed by atoms with Gasteiger partial charge in [-0.15, -0.1) is 0 Å². The molecule has 0 radical (unpaired) electrons. The zero-order valence-corrected chi connectivity index (χ0v) is 14.8. The molecule has 0 aromatic rings. The van der Waals surface area contributed by atoms with Gasteiger partial charge in [0.05, 0.1) is 13.7 Å². The average molecular weight is 331 g/mol. The summed E-state index contributed by atoms with van der Waals surface area (Å²) in [6.07, 6.45) is 0.833. The van der Waals surface area contributed by atoms with Crippen molar-refractivity contribution in [3.63, 3.8) is 0 Å². The summed E-state index contributed by atoms with van der Waals surface area (Å²) in [7, 11) is 3.11. The first-order valence-corrected chi connectivity index (χ1v) is 7.86. The Morgan fingerprint density at radius 3 is 2.65 bits per heavy atom. The maximum atomic E-state index is 12.1. The molecule has 1 atom stereocenters. The van der Waals surface area contributed by atoms with Crippen molar-refractivity contribution < 1.29 is 24.0 Å². The second-order valence-corrected chi connectivity index (χ2v) is 6.61. The highest BCUT2D eigenvalue weighted by atomic mass is 16.7. The van der Waals surface area contributed by atoms with E-state index in [2.05, 4.69) is 10.3 Å². The molecule has 0 aromatic carbocycles. The van der Waals surface area contributed by atoms with Gasteiger partial charge < -0.3 is 14.5 Å². The predicted molar refractivity (Wildman–Crippen MR) is 84.3 cm³/mol. The van der Waals surface area contributed by atoms with Crippen LogP contribution in [0.4, 0.5) is 4.79 Å². The molecule has 1 saturated heterocycles. The van der Waals surface area contributed by atoms with Gasteiger partial charge in [-0.25, -0.2) is 15.3 Å². The van der Waals surface area contributed by atoms with E-state index in [4.69, 9.17) is 9.57 Å². The molecule has 0 unspecified atom stereocenters. The van der Waals surface area contributed by atoms with Gasteiger partial charge in [0.1, 0.15) is 5.60 Å². The molecule has 1 heterocycles. The third-order valence-electron chi connectivity index (χ3n) is 3.39. The van der Waals surface area contributed by atoms with Crippen LogP contribution < -0.4 is 5.48 Å². The van der Waals surface area contributed by atoms with Crippen LogP contribution in [0.5, 0.6) is 0 Å². The summed E-state index contributed by atoms with van der Waals surface area (Å²) in [4.78, 5) is 35.7. The first-order valence-electron chi connectivity index (χ1n) is 7.86. The van der Waals surface area contributed by atoms with Crippen molar-refractivity contribution in [2.45, 2.75) is 39.2 Å². The van der Waals surface area contributed by atoms with Gasteiger partial charge in [-0.05, 0) is 33.1 Å².